The zero-order chi connectivity index (χ0) is 17.0. The molecule has 2 aromatic rings. The summed E-state index contributed by atoms with van der Waals surface area (Å²) in [6.07, 6.45) is -0.108. The monoisotopic (exact) mass is 380 g/mol. The van der Waals surface area contributed by atoms with E-state index in [0.717, 1.165) is 0 Å². The van der Waals surface area contributed by atoms with Gasteiger partial charge < -0.3 is 4.90 Å². The molecule has 5 nitrogen and oxygen atoms in total. The molecule has 0 heterocycles. The molecule has 0 saturated carbocycles. The van der Waals surface area contributed by atoms with Crippen molar-refractivity contribution in [2.24, 2.45) is 0 Å². The number of carbonyl (C=O) groups is 1. The summed E-state index contributed by atoms with van der Waals surface area (Å²) in [5.41, 5.74) is 0.615. The topological polar surface area (TPSA) is 63.5 Å². The van der Waals surface area contributed by atoms with Crippen LogP contribution in [0.1, 0.15) is 11.1 Å². The van der Waals surface area contributed by atoms with Crippen molar-refractivity contribution in [2.75, 3.05) is 7.05 Å². The molecule has 7 heteroatoms. The van der Waals surface area contributed by atoms with Gasteiger partial charge in [-0.2, -0.15) is 0 Å². The first-order valence-electron chi connectivity index (χ1n) is 6.78. The van der Waals surface area contributed by atoms with Crippen LogP contribution in [-0.4, -0.2) is 22.8 Å². The Morgan fingerprint density at radius 3 is 2.65 bits per heavy atom. The number of likely N-dealkylation sites (N-methyl/N-ethyl adjacent to an activating group) is 1. The largest absolute Gasteiger partial charge is 0.341 e. The van der Waals surface area contributed by atoms with E-state index in [1.807, 2.05) is 0 Å². The average Bonchev–Trinajstić information content (AvgIpc) is 2.51. The van der Waals surface area contributed by atoms with Crippen molar-refractivity contribution < 1.29 is 14.1 Å². The van der Waals surface area contributed by atoms with E-state index < -0.39 is 10.7 Å². The minimum atomic E-state index is -0.517. The first-order chi connectivity index (χ1) is 10.9. The maximum absolute atomic E-state index is 13.7. The first kappa shape index (κ1) is 17.1. The smallest absolute Gasteiger partial charge is 0.273 e. The zero-order valence-electron chi connectivity index (χ0n) is 12.3. The Labute approximate surface area is 141 Å². The first-order valence-corrected chi connectivity index (χ1v) is 7.58. The summed E-state index contributed by atoms with van der Waals surface area (Å²) < 4.78 is 14.5. The van der Waals surface area contributed by atoms with Crippen molar-refractivity contribution in [1.29, 1.82) is 0 Å². The molecule has 0 aromatic heterocycles. The summed E-state index contributed by atoms with van der Waals surface area (Å²) in [4.78, 5) is 24.1. The van der Waals surface area contributed by atoms with Gasteiger partial charge in [-0.3, -0.25) is 14.9 Å². The molecule has 0 unspecified atom stereocenters. The summed E-state index contributed by atoms with van der Waals surface area (Å²) >= 11 is 3.26. The van der Waals surface area contributed by atoms with E-state index >= 15 is 0 Å². The maximum Gasteiger partial charge on any atom is 0.273 e. The molecule has 0 aliphatic carbocycles. The number of hydrogen-bond donors (Lipinski definition) is 0. The lowest BCUT2D eigenvalue weighted by Gasteiger charge is -2.18. The average molecular weight is 381 g/mol. The van der Waals surface area contributed by atoms with Crippen molar-refractivity contribution in [3.63, 3.8) is 0 Å². The minimum absolute atomic E-state index is 0.0880. The Kier molecular flexibility index (Phi) is 5.44. The van der Waals surface area contributed by atoms with E-state index in [1.165, 1.54) is 24.1 Å². The SMILES string of the molecule is CN(Cc1cc(Br)ccc1F)C(=O)Cc1ccccc1[N+](=O)[O-]. The third-order valence-corrected chi connectivity index (χ3v) is 3.86. The second kappa shape index (κ2) is 7.32. The van der Waals surface area contributed by atoms with Crippen LogP contribution in [-0.2, 0) is 17.8 Å². The van der Waals surface area contributed by atoms with Crippen molar-refractivity contribution in [3.8, 4) is 0 Å². The Morgan fingerprint density at radius 1 is 1.26 bits per heavy atom. The molecule has 0 atom stereocenters. The molecular weight excluding hydrogens is 367 g/mol. The van der Waals surface area contributed by atoms with E-state index in [0.29, 0.717) is 15.6 Å². The molecule has 0 fully saturated rings. The summed E-state index contributed by atoms with van der Waals surface area (Å²) in [7, 11) is 1.54. The molecule has 23 heavy (non-hydrogen) atoms. The van der Waals surface area contributed by atoms with Gasteiger partial charge in [-0.15, -0.1) is 0 Å². The number of nitro benzene ring substituents is 1. The number of para-hydroxylation sites is 1. The number of amides is 1. The molecule has 0 spiro atoms. The van der Waals surface area contributed by atoms with Crippen molar-refractivity contribution in [1.82, 2.24) is 4.90 Å². The van der Waals surface area contributed by atoms with Gasteiger partial charge in [0, 0.05) is 35.3 Å². The van der Waals surface area contributed by atoms with Gasteiger partial charge in [0.05, 0.1) is 11.3 Å². The Hall–Kier alpha value is -2.28. The Balaban J connectivity index is 2.12. The van der Waals surface area contributed by atoms with Crippen LogP contribution in [0, 0.1) is 15.9 Å². The van der Waals surface area contributed by atoms with Crippen LogP contribution in [0.4, 0.5) is 10.1 Å². The van der Waals surface area contributed by atoms with E-state index in [2.05, 4.69) is 15.9 Å². The molecular formula is C16H14BrFN2O3. The van der Waals surface area contributed by atoms with Gasteiger partial charge in [0.2, 0.25) is 5.91 Å². The molecule has 0 N–H and O–H groups in total. The van der Waals surface area contributed by atoms with Crippen LogP contribution >= 0.6 is 15.9 Å². The Bertz CT molecular complexity index is 752. The van der Waals surface area contributed by atoms with E-state index in [-0.39, 0.29) is 24.6 Å². The maximum atomic E-state index is 13.7. The fourth-order valence-corrected chi connectivity index (χ4v) is 2.55. The summed E-state index contributed by atoms with van der Waals surface area (Å²) in [5, 5.41) is 11.0. The molecule has 0 bridgehead atoms. The third-order valence-electron chi connectivity index (χ3n) is 3.37. The molecule has 0 aliphatic heterocycles. The second-order valence-electron chi connectivity index (χ2n) is 5.05. The molecule has 2 rings (SSSR count). The van der Waals surface area contributed by atoms with Crippen LogP contribution in [0.15, 0.2) is 46.9 Å². The molecule has 2 aromatic carbocycles. The van der Waals surface area contributed by atoms with Crippen LogP contribution in [0.2, 0.25) is 0 Å². The van der Waals surface area contributed by atoms with E-state index in [1.54, 1.807) is 30.3 Å². The predicted octanol–water partition coefficient (Wildman–Crippen LogP) is 3.70. The minimum Gasteiger partial charge on any atom is -0.341 e. The lowest BCUT2D eigenvalue weighted by Crippen LogP contribution is -2.28. The van der Waals surface area contributed by atoms with Crippen molar-refractivity contribution in [2.45, 2.75) is 13.0 Å². The highest BCUT2D eigenvalue weighted by atomic mass is 79.9. The molecule has 0 saturated heterocycles. The van der Waals surface area contributed by atoms with Gasteiger partial charge in [-0.25, -0.2) is 4.39 Å². The highest BCUT2D eigenvalue weighted by molar-refractivity contribution is 9.10. The van der Waals surface area contributed by atoms with Crippen LogP contribution in [0.25, 0.3) is 0 Å². The van der Waals surface area contributed by atoms with Gasteiger partial charge in [0.1, 0.15) is 5.82 Å². The van der Waals surface area contributed by atoms with Gasteiger partial charge in [-0.05, 0) is 18.2 Å². The number of nitrogens with zero attached hydrogens (tertiary/aromatic N) is 2. The fraction of sp³-hybridized carbons (Fsp3) is 0.188. The van der Waals surface area contributed by atoms with Crippen molar-refractivity contribution >= 4 is 27.5 Å². The van der Waals surface area contributed by atoms with Crippen LogP contribution < -0.4 is 0 Å². The van der Waals surface area contributed by atoms with E-state index in [4.69, 9.17) is 0 Å². The quantitative estimate of drug-likeness (QED) is 0.586. The summed E-state index contributed by atoms with van der Waals surface area (Å²) in [6, 6.07) is 10.6. The van der Waals surface area contributed by atoms with Gasteiger partial charge in [0.15, 0.2) is 0 Å². The number of hydrogen-bond acceptors (Lipinski definition) is 3. The molecule has 0 aliphatic rings. The van der Waals surface area contributed by atoms with Crippen LogP contribution in [0.3, 0.4) is 0 Å². The molecule has 1 amide bonds. The number of nitro groups is 1. The zero-order valence-corrected chi connectivity index (χ0v) is 13.9. The van der Waals surface area contributed by atoms with Gasteiger partial charge >= 0.3 is 0 Å². The fourth-order valence-electron chi connectivity index (χ4n) is 2.14. The normalized spacial score (nSPS) is 10.4. The lowest BCUT2D eigenvalue weighted by atomic mass is 10.1. The number of rotatable bonds is 5. The molecule has 120 valence electrons. The Morgan fingerprint density at radius 2 is 1.96 bits per heavy atom. The summed E-state index contributed by atoms with van der Waals surface area (Å²) in [5.74, 6) is -0.725. The van der Waals surface area contributed by atoms with Gasteiger partial charge in [0.25, 0.3) is 5.69 Å². The molecule has 0 radical (unpaired) electrons. The standard InChI is InChI=1S/C16H14BrFN2O3/c1-19(10-12-8-13(17)6-7-14(12)18)16(21)9-11-4-2-3-5-15(11)20(22)23/h2-8H,9-10H2,1H3. The van der Waals surface area contributed by atoms with E-state index in [9.17, 15) is 19.3 Å². The number of benzene rings is 2. The number of halogens is 2. The summed E-state index contributed by atoms with van der Waals surface area (Å²) in [6.45, 7) is 0.0880. The lowest BCUT2D eigenvalue weighted by molar-refractivity contribution is -0.385. The second-order valence-corrected chi connectivity index (χ2v) is 5.96. The highest BCUT2D eigenvalue weighted by Crippen LogP contribution is 2.20. The van der Waals surface area contributed by atoms with Crippen LogP contribution in [0.5, 0.6) is 0 Å². The highest BCUT2D eigenvalue weighted by Gasteiger charge is 2.18. The third kappa shape index (κ3) is 4.35. The predicted molar refractivity (Wildman–Crippen MR) is 87.4 cm³/mol. The van der Waals surface area contributed by atoms with Crippen molar-refractivity contribution in [3.05, 3.63) is 74.0 Å². The van der Waals surface area contributed by atoms with Gasteiger partial charge in [-0.1, -0.05) is 34.1 Å². The number of carbonyl (C=O) groups excluding carboxylic acids is 1.